The highest BCUT2D eigenvalue weighted by Gasteiger charge is 2.13. The molecular formula is C28H25NO2. The second-order valence-electron chi connectivity index (χ2n) is 7.60. The van der Waals surface area contributed by atoms with Crippen molar-refractivity contribution >= 4 is 28.8 Å². The molecule has 0 fully saturated rings. The molecule has 4 aromatic carbocycles. The van der Waals surface area contributed by atoms with Crippen LogP contribution in [-0.2, 0) is 6.42 Å². The van der Waals surface area contributed by atoms with E-state index < -0.39 is 0 Å². The van der Waals surface area contributed by atoms with E-state index in [-0.39, 0.29) is 18.6 Å². The molecule has 0 heterocycles. The maximum Gasteiger partial charge on any atom is 0.251 e. The minimum absolute atomic E-state index is 0.104. The molecule has 4 aromatic rings. The fourth-order valence-corrected chi connectivity index (χ4v) is 3.58. The highest BCUT2D eigenvalue weighted by atomic mass is 16.3. The maximum atomic E-state index is 12.6. The van der Waals surface area contributed by atoms with E-state index in [0.29, 0.717) is 12.0 Å². The summed E-state index contributed by atoms with van der Waals surface area (Å²) in [6, 6.07) is 31.7. The molecule has 0 aliphatic rings. The van der Waals surface area contributed by atoms with Gasteiger partial charge in [0.05, 0.1) is 12.6 Å². The molecule has 0 aromatic heterocycles. The van der Waals surface area contributed by atoms with Crippen molar-refractivity contribution in [2.45, 2.75) is 12.5 Å². The maximum absolute atomic E-state index is 12.6. The SMILES string of the molecule is O=C(NC(CO)Cc1ccccc1)c1ccc(C=Cc2ccc3ccccc3c2)cc1. The summed E-state index contributed by atoms with van der Waals surface area (Å²) < 4.78 is 0. The van der Waals surface area contributed by atoms with E-state index in [1.54, 1.807) is 0 Å². The molecule has 0 saturated heterocycles. The number of hydrogen-bond donors (Lipinski definition) is 2. The summed E-state index contributed by atoms with van der Waals surface area (Å²) in [4.78, 5) is 12.6. The van der Waals surface area contributed by atoms with Crippen LogP contribution in [0.3, 0.4) is 0 Å². The van der Waals surface area contributed by atoms with E-state index in [0.717, 1.165) is 16.7 Å². The predicted molar refractivity (Wildman–Crippen MR) is 128 cm³/mol. The first-order valence-electron chi connectivity index (χ1n) is 10.4. The molecule has 3 heteroatoms. The van der Waals surface area contributed by atoms with Crippen molar-refractivity contribution in [1.29, 1.82) is 0 Å². The van der Waals surface area contributed by atoms with Gasteiger partial charge in [0.15, 0.2) is 0 Å². The number of aliphatic hydroxyl groups excluding tert-OH is 1. The number of carbonyl (C=O) groups excluding carboxylic acids is 1. The third kappa shape index (κ3) is 5.47. The van der Waals surface area contributed by atoms with Crippen molar-refractivity contribution in [1.82, 2.24) is 5.32 Å². The average molecular weight is 408 g/mol. The zero-order chi connectivity index (χ0) is 21.5. The zero-order valence-electron chi connectivity index (χ0n) is 17.2. The van der Waals surface area contributed by atoms with Gasteiger partial charge in [0.1, 0.15) is 0 Å². The quantitative estimate of drug-likeness (QED) is 0.406. The molecule has 0 bridgehead atoms. The van der Waals surface area contributed by atoms with E-state index in [2.05, 4.69) is 41.7 Å². The fraction of sp³-hybridized carbons (Fsp3) is 0.107. The molecule has 0 saturated carbocycles. The first-order valence-corrected chi connectivity index (χ1v) is 10.4. The van der Waals surface area contributed by atoms with Gasteiger partial charge in [-0.15, -0.1) is 0 Å². The minimum atomic E-state index is -0.317. The Kier molecular flexibility index (Phi) is 6.56. The number of benzene rings is 4. The Hall–Kier alpha value is -3.69. The lowest BCUT2D eigenvalue weighted by atomic mass is 10.0. The van der Waals surface area contributed by atoms with Gasteiger partial charge in [-0.1, -0.05) is 91.0 Å². The summed E-state index contributed by atoms with van der Waals surface area (Å²) in [5.74, 6) is -0.181. The van der Waals surface area contributed by atoms with Crippen molar-refractivity contribution in [2.75, 3.05) is 6.61 Å². The van der Waals surface area contributed by atoms with Gasteiger partial charge >= 0.3 is 0 Å². The van der Waals surface area contributed by atoms with Gasteiger partial charge in [-0.3, -0.25) is 4.79 Å². The molecule has 31 heavy (non-hydrogen) atoms. The van der Waals surface area contributed by atoms with Crippen molar-refractivity contribution in [3.63, 3.8) is 0 Å². The fourth-order valence-electron chi connectivity index (χ4n) is 3.58. The van der Waals surface area contributed by atoms with Crippen LogP contribution in [0.5, 0.6) is 0 Å². The third-order valence-corrected chi connectivity index (χ3v) is 5.30. The molecule has 0 radical (unpaired) electrons. The van der Waals surface area contributed by atoms with Gasteiger partial charge in [0.25, 0.3) is 5.91 Å². The van der Waals surface area contributed by atoms with E-state index in [9.17, 15) is 9.90 Å². The monoisotopic (exact) mass is 407 g/mol. The van der Waals surface area contributed by atoms with Crippen molar-refractivity contribution in [3.05, 3.63) is 119 Å². The molecule has 0 aliphatic carbocycles. The second-order valence-corrected chi connectivity index (χ2v) is 7.60. The first kappa shape index (κ1) is 20.6. The molecule has 1 unspecified atom stereocenters. The summed E-state index contributed by atoms with van der Waals surface area (Å²) >= 11 is 0. The standard InChI is InChI=1S/C28H25NO2/c30-20-27(19-22-6-2-1-3-7-22)29-28(31)25-16-12-21(13-17-25)10-11-23-14-15-24-8-4-5-9-26(24)18-23/h1-18,27,30H,19-20H2,(H,29,31). The minimum Gasteiger partial charge on any atom is -0.394 e. The number of rotatable bonds is 7. The molecule has 2 N–H and O–H groups in total. The summed E-state index contributed by atoms with van der Waals surface area (Å²) in [5, 5.41) is 15.0. The molecule has 0 spiro atoms. The predicted octanol–water partition coefficient (Wildman–Crippen LogP) is 5.34. The third-order valence-electron chi connectivity index (χ3n) is 5.30. The Labute approximate surface area is 182 Å². The van der Waals surface area contributed by atoms with E-state index in [1.807, 2.05) is 72.8 Å². The van der Waals surface area contributed by atoms with Crippen LogP contribution in [0.25, 0.3) is 22.9 Å². The summed E-state index contributed by atoms with van der Waals surface area (Å²) in [5.41, 5.74) is 3.81. The largest absolute Gasteiger partial charge is 0.394 e. The zero-order valence-corrected chi connectivity index (χ0v) is 17.2. The van der Waals surface area contributed by atoms with E-state index in [1.165, 1.54) is 10.8 Å². The number of nitrogens with one attached hydrogen (secondary N) is 1. The van der Waals surface area contributed by atoms with Gasteiger partial charge in [0, 0.05) is 5.56 Å². The lowest BCUT2D eigenvalue weighted by Crippen LogP contribution is -2.39. The van der Waals surface area contributed by atoms with Crippen LogP contribution in [0.2, 0.25) is 0 Å². The summed E-state index contributed by atoms with van der Waals surface area (Å²) in [6.07, 6.45) is 4.70. The lowest BCUT2D eigenvalue weighted by Gasteiger charge is -2.16. The summed E-state index contributed by atoms with van der Waals surface area (Å²) in [6.45, 7) is -0.104. The van der Waals surface area contributed by atoms with Gasteiger partial charge in [-0.2, -0.15) is 0 Å². The van der Waals surface area contributed by atoms with Crippen molar-refractivity contribution in [2.24, 2.45) is 0 Å². The Bertz CT molecular complexity index is 1180. The number of fused-ring (bicyclic) bond motifs is 1. The number of aliphatic hydroxyl groups is 1. The Balaban J connectivity index is 1.39. The average Bonchev–Trinajstić information content (AvgIpc) is 2.83. The smallest absolute Gasteiger partial charge is 0.251 e. The van der Waals surface area contributed by atoms with E-state index >= 15 is 0 Å². The molecule has 3 nitrogen and oxygen atoms in total. The van der Waals surface area contributed by atoms with Crippen molar-refractivity contribution in [3.8, 4) is 0 Å². The topological polar surface area (TPSA) is 49.3 Å². The molecule has 154 valence electrons. The molecule has 1 amide bonds. The summed E-state index contributed by atoms with van der Waals surface area (Å²) in [7, 11) is 0. The van der Waals surface area contributed by atoms with Crippen LogP contribution in [0, 0.1) is 0 Å². The number of amides is 1. The van der Waals surface area contributed by atoms with Gasteiger partial charge in [-0.05, 0) is 52.1 Å². The first-order chi connectivity index (χ1) is 15.2. The highest BCUT2D eigenvalue weighted by Crippen LogP contribution is 2.18. The lowest BCUT2D eigenvalue weighted by molar-refractivity contribution is 0.0916. The number of carbonyl (C=O) groups is 1. The Morgan fingerprint density at radius 3 is 2.16 bits per heavy atom. The molecule has 0 aliphatic heterocycles. The molecule has 1 atom stereocenters. The normalized spacial score (nSPS) is 12.2. The van der Waals surface area contributed by atoms with E-state index in [4.69, 9.17) is 0 Å². The van der Waals surface area contributed by atoms with Crippen molar-refractivity contribution < 1.29 is 9.90 Å². The van der Waals surface area contributed by atoms with Crippen LogP contribution in [-0.4, -0.2) is 23.7 Å². The van der Waals surface area contributed by atoms with Crippen LogP contribution in [0.1, 0.15) is 27.0 Å². The van der Waals surface area contributed by atoms with Crippen LogP contribution < -0.4 is 5.32 Å². The second kappa shape index (κ2) is 9.88. The Morgan fingerprint density at radius 1 is 0.774 bits per heavy atom. The Morgan fingerprint density at radius 2 is 1.42 bits per heavy atom. The van der Waals surface area contributed by atoms with Crippen LogP contribution >= 0.6 is 0 Å². The van der Waals surface area contributed by atoms with Gasteiger partial charge in [-0.25, -0.2) is 0 Å². The molecule has 4 rings (SSSR count). The number of hydrogen-bond acceptors (Lipinski definition) is 2. The highest BCUT2D eigenvalue weighted by molar-refractivity contribution is 5.94. The van der Waals surface area contributed by atoms with Crippen LogP contribution in [0.15, 0.2) is 97.1 Å². The van der Waals surface area contributed by atoms with Gasteiger partial charge in [0.2, 0.25) is 0 Å². The van der Waals surface area contributed by atoms with Crippen LogP contribution in [0.4, 0.5) is 0 Å². The molecular weight excluding hydrogens is 382 g/mol. The van der Waals surface area contributed by atoms with Gasteiger partial charge < -0.3 is 10.4 Å².